The van der Waals surface area contributed by atoms with Crippen molar-refractivity contribution in [1.29, 1.82) is 0 Å². The molecule has 0 radical (unpaired) electrons. The van der Waals surface area contributed by atoms with Gasteiger partial charge in [0, 0.05) is 12.8 Å². The fourth-order valence-electron chi connectivity index (χ4n) is 6.64. The first-order valence-electron chi connectivity index (χ1n) is 23.4. The molecule has 0 aromatic carbocycles. The number of amides is 1. The topological polar surface area (TPSA) is 95.9 Å². The zero-order chi connectivity index (χ0) is 40.1. The van der Waals surface area contributed by atoms with E-state index in [2.05, 4.69) is 55.6 Å². The van der Waals surface area contributed by atoms with E-state index < -0.39 is 12.1 Å². The zero-order valence-corrected chi connectivity index (χ0v) is 36.1. The van der Waals surface area contributed by atoms with E-state index >= 15 is 0 Å². The lowest BCUT2D eigenvalue weighted by Gasteiger charge is -2.20. The second-order valence-corrected chi connectivity index (χ2v) is 15.7. The van der Waals surface area contributed by atoms with Crippen molar-refractivity contribution >= 4 is 11.9 Å². The summed E-state index contributed by atoms with van der Waals surface area (Å²) in [7, 11) is 0. The summed E-state index contributed by atoms with van der Waals surface area (Å²) in [6, 6.07) is -0.647. The third-order valence-electron chi connectivity index (χ3n) is 10.3. The smallest absolute Gasteiger partial charge is 0.305 e. The minimum Gasteiger partial charge on any atom is -0.466 e. The maximum atomic E-state index is 12.4. The van der Waals surface area contributed by atoms with Gasteiger partial charge in [-0.15, -0.1) is 0 Å². The highest BCUT2D eigenvalue weighted by atomic mass is 16.5. The SMILES string of the molecule is CCCC/C=C\C/C=C\CCCCCCCC(=O)OCCCCC/C=C\CCCCCCCC(=O)NC(CO)C(O)/C=C/CCCCCCCCCCCC. The summed E-state index contributed by atoms with van der Waals surface area (Å²) in [5.74, 6) is -0.138. The van der Waals surface area contributed by atoms with Crippen LogP contribution in [0.25, 0.3) is 0 Å². The van der Waals surface area contributed by atoms with Crippen molar-refractivity contribution in [2.75, 3.05) is 13.2 Å². The number of allylic oxidation sites excluding steroid dienone is 7. The summed E-state index contributed by atoms with van der Waals surface area (Å²) in [6.07, 6.45) is 53.8. The van der Waals surface area contributed by atoms with Crippen LogP contribution in [0, 0.1) is 0 Å². The van der Waals surface area contributed by atoms with Crippen LogP contribution in [0.2, 0.25) is 0 Å². The lowest BCUT2D eigenvalue weighted by atomic mass is 10.1. The summed E-state index contributed by atoms with van der Waals surface area (Å²) < 4.78 is 5.42. The Morgan fingerprint density at radius 1 is 0.509 bits per heavy atom. The number of nitrogens with one attached hydrogen (secondary N) is 1. The predicted molar refractivity (Wildman–Crippen MR) is 236 cm³/mol. The normalized spacial score (nSPS) is 13.2. The van der Waals surface area contributed by atoms with E-state index in [0.717, 1.165) is 103 Å². The molecule has 0 fully saturated rings. The highest BCUT2D eigenvalue weighted by molar-refractivity contribution is 5.76. The van der Waals surface area contributed by atoms with Crippen LogP contribution in [0.4, 0.5) is 0 Å². The lowest BCUT2D eigenvalue weighted by Crippen LogP contribution is -2.45. The average molecular weight is 772 g/mol. The summed E-state index contributed by atoms with van der Waals surface area (Å²) >= 11 is 0. The Morgan fingerprint density at radius 2 is 0.927 bits per heavy atom. The lowest BCUT2D eigenvalue weighted by molar-refractivity contribution is -0.143. The van der Waals surface area contributed by atoms with Crippen LogP contribution in [0.3, 0.4) is 0 Å². The molecular weight excluding hydrogens is 683 g/mol. The van der Waals surface area contributed by atoms with Gasteiger partial charge in [0.1, 0.15) is 0 Å². The van der Waals surface area contributed by atoms with Crippen molar-refractivity contribution in [3.63, 3.8) is 0 Å². The van der Waals surface area contributed by atoms with Crippen molar-refractivity contribution < 1.29 is 24.5 Å². The Kier molecular flexibility index (Phi) is 42.8. The molecule has 0 aromatic rings. The standard InChI is InChI=1S/C49H89NO5/c1-3-5-7-9-11-13-15-17-18-23-27-31-35-39-43-49(54)55-44-40-36-32-28-24-20-19-22-26-30-34-38-42-48(53)50-46(45-51)47(52)41-37-33-29-25-21-16-14-12-10-8-6-4-2/h9,11,15,17,20,24,37,41,46-47,51-52H,3-8,10,12-14,16,18-19,21-23,25-36,38-40,42-45H2,1-2H3,(H,50,53)/b11-9-,17-15-,24-20-,41-37+. The highest BCUT2D eigenvalue weighted by Crippen LogP contribution is 2.13. The van der Waals surface area contributed by atoms with Gasteiger partial charge in [0.25, 0.3) is 0 Å². The fraction of sp³-hybridized carbons (Fsp3) is 0.796. The minimum atomic E-state index is -0.860. The van der Waals surface area contributed by atoms with Gasteiger partial charge in [-0.3, -0.25) is 9.59 Å². The van der Waals surface area contributed by atoms with Gasteiger partial charge in [-0.1, -0.05) is 172 Å². The van der Waals surface area contributed by atoms with E-state index in [1.165, 1.54) is 96.3 Å². The van der Waals surface area contributed by atoms with Gasteiger partial charge in [0.15, 0.2) is 0 Å². The van der Waals surface area contributed by atoms with Crippen LogP contribution in [-0.2, 0) is 14.3 Å². The van der Waals surface area contributed by atoms with E-state index in [-0.39, 0.29) is 18.5 Å². The van der Waals surface area contributed by atoms with Crippen molar-refractivity contribution in [3.8, 4) is 0 Å². The van der Waals surface area contributed by atoms with Crippen LogP contribution in [0.1, 0.15) is 226 Å². The van der Waals surface area contributed by atoms with Crippen molar-refractivity contribution in [1.82, 2.24) is 5.32 Å². The Balaban J connectivity index is 3.57. The number of aliphatic hydroxyl groups is 2. The number of hydrogen-bond donors (Lipinski definition) is 3. The number of unbranched alkanes of at least 4 members (excludes halogenated alkanes) is 25. The maximum Gasteiger partial charge on any atom is 0.305 e. The van der Waals surface area contributed by atoms with Gasteiger partial charge in [0.2, 0.25) is 5.91 Å². The molecule has 0 saturated heterocycles. The molecule has 0 saturated carbocycles. The quantitative estimate of drug-likeness (QED) is 0.0326. The molecule has 3 N–H and O–H groups in total. The van der Waals surface area contributed by atoms with Crippen LogP contribution in [0.5, 0.6) is 0 Å². The predicted octanol–water partition coefficient (Wildman–Crippen LogP) is 13.5. The summed E-state index contributed by atoms with van der Waals surface area (Å²) in [4.78, 5) is 24.4. The van der Waals surface area contributed by atoms with Gasteiger partial charge in [-0.25, -0.2) is 0 Å². The number of esters is 1. The first-order chi connectivity index (χ1) is 27.0. The Morgan fingerprint density at radius 3 is 1.45 bits per heavy atom. The molecule has 320 valence electrons. The number of carbonyl (C=O) groups is 2. The van der Waals surface area contributed by atoms with Crippen molar-refractivity contribution in [3.05, 3.63) is 48.6 Å². The van der Waals surface area contributed by atoms with E-state index in [9.17, 15) is 19.8 Å². The van der Waals surface area contributed by atoms with Crippen molar-refractivity contribution in [2.24, 2.45) is 0 Å². The molecule has 0 bridgehead atoms. The van der Waals surface area contributed by atoms with E-state index in [4.69, 9.17) is 4.74 Å². The molecule has 6 heteroatoms. The fourth-order valence-corrected chi connectivity index (χ4v) is 6.64. The molecule has 0 heterocycles. The number of hydrogen-bond acceptors (Lipinski definition) is 5. The largest absolute Gasteiger partial charge is 0.466 e. The second kappa shape index (κ2) is 44.5. The summed E-state index contributed by atoms with van der Waals surface area (Å²) in [5.41, 5.74) is 0. The molecule has 2 unspecified atom stereocenters. The first kappa shape index (κ1) is 52.8. The molecule has 1 amide bonds. The number of aliphatic hydroxyl groups excluding tert-OH is 2. The van der Waals surface area contributed by atoms with Crippen LogP contribution in [0.15, 0.2) is 48.6 Å². The molecule has 0 aliphatic carbocycles. The highest BCUT2D eigenvalue weighted by Gasteiger charge is 2.18. The molecular formula is C49H89NO5. The third-order valence-corrected chi connectivity index (χ3v) is 10.3. The molecule has 0 rings (SSSR count). The number of ether oxygens (including phenoxy) is 1. The molecule has 0 aromatic heterocycles. The van der Waals surface area contributed by atoms with Crippen molar-refractivity contribution in [2.45, 2.75) is 238 Å². The maximum absolute atomic E-state index is 12.4. The van der Waals surface area contributed by atoms with E-state index in [1.807, 2.05) is 6.08 Å². The third kappa shape index (κ3) is 41.3. The molecule has 6 nitrogen and oxygen atoms in total. The summed E-state index contributed by atoms with van der Waals surface area (Å²) in [5, 5.41) is 22.9. The molecule has 2 atom stereocenters. The molecule has 0 aliphatic heterocycles. The van der Waals surface area contributed by atoms with E-state index in [1.54, 1.807) is 6.08 Å². The van der Waals surface area contributed by atoms with Crippen LogP contribution in [-0.4, -0.2) is 47.4 Å². The van der Waals surface area contributed by atoms with Gasteiger partial charge in [-0.05, 0) is 89.9 Å². The molecule has 55 heavy (non-hydrogen) atoms. The first-order valence-corrected chi connectivity index (χ1v) is 23.4. The second-order valence-electron chi connectivity index (χ2n) is 15.7. The van der Waals surface area contributed by atoms with Gasteiger partial charge in [0.05, 0.1) is 25.4 Å². The Labute approximate surface area is 340 Å². The van der Waals surface area contributed by atoms with E-state index in [0.29, 0.717) is 19.4 Å². The number of carbonyl (C=O) groups excluding carboxylic acids is 2. The molecule has 0 spiro atoms. The minimum absolute atomic E-state index is 0.0404. The monoisotopic (exact) mass is 772 g/mol. The van der Waals surface area contributed by atoms with Crippen LogP contribution < -0.4 is 5.32 Å². The van der Waals surface area contributed by atoms with Crippen LogP contribution >= 0.6 is 0 Å². The average Bonchev–Trinajstić information content (AvgIpc) is 3.18. The van der Waals surface area contributed by atoms with Gasteiger partial charge >= 0.3 is 5.97 Å². The summed E-state index contributed by atoms with van der Waals surface area (Å²) in [6.45, 7) is 4.76. The molecule has 0 aliphatic rings. The number of rotatable bonds is 42. The Hall–Kier alpha value is -2.18. The zero-order valence-electron chi connectivity index (χ0n) is 36.1. The van der Waals surface area contributed by atoms with Gasteiger partial charge < -0.3 is 20.3 Å². The Bertz CT molecular complexity index is 942. The van der Waals surface area contributed by atoms with Gasteiger partial charge in [-0.2, -0.15) is 0 Å².